The molecule has 1 saturated carbocycles. The van der Waals surface area contributed by atoms with E-state index < -0.39 is 0 Å². The second kappa shape index (κ2) is 10.3. The summed E-state index contributed by atoms with van der Waals surface area (Å²) in [6, 6.07) is 10.6. The molecule has 0 heterocycles. The van der Waals surface area contributed by atoms with E-state index in [0.29, 0.717) is 11.8 Å². The summed E-state index contributed by atoms with van der Waals surface area (Å²) in [5, 5.41) is 0. The van der Waals surface area contributed by atoms with Crippen LogP contribution in [-0.2, 0) is 14.9 Å². The molecule has 1 fully saturated rings. The minimum absolute atomic E-state index is 0.0128. The van der Waals surface area contributed by atoms with Gasteiger partial charge in [0.25, 0.3) is 0 Å². The summed E-state index contributed by atoms with van der Waals surface area (Å²) in [5.74, 6) is 0.755. The molecule has 0 spiro atoms. The van der Waals surface area contributed by atoms with E-state index in [1.165, 1.54) is 12.0 Å². The molecule has 0 radical (unpaired) electrons. The Kier molecular flexibility index (Phi) is 8.39. The van der Waals surface area contributed by atoms with Gasteiger partial charge in [0, 0.05) is 12.0 Å². The molecule has 0 unspecified atom stereocenters. The highest BCUT2D eigenvalue weighted by Crippen LogP contribution is 2.43. The largest absolute Gasteiger partial charge is 0.459 e. The van der Waals surface area contributed by atoms with Gasteiger partial charge in [-0.3, -0.25) is 0 Å². The van der Waals surface area contributed by atoms with Gasteiger partial charge in [-0.25, -0.2) is 4.79 Å². The van der Waals surface area contributed by atoms with E-state index in [0.717, 1.165) is 25.7 Å². The van der Waals surface area contributed by atoms with Gasteiger partial charge in [-0.05, 0) is 46.7 Å². The SMILES string of the molecule is C[C@@H]1CC[C@@H](C(C)(C)c2ccccc2)[C@H](OC(=O)/C=C/CC/C=C/I)C1. The van der Waals surface area contributed by atoms with E-state index >= 15 is 0 Å². The molecule has 142 valence electrons. The van der Waals surface area contributed by atoms with Gasteiger partial charge in [-0.15, -0.1) is 0 Å². The lowest BCUT2D eigenvalue weighted by molar-refractivity contribution is -0.150. The van der Waals surface area contributed by atoms with Crippen molar-refractivity contribution in [3.8, 4) is 0 Å². The Balaban J connectivity index is 2.06. The summed E-state index contributed by atoms with van der Waals surface area (Å²) in [4.78, 5) is 12.3. The molecule has 3 atom stereocenters. The Morgan fingerprint density at radius 2 is 1.88 bits per heavy atom. The number of ether oxygens (including phenoxy) is 1. The Labute approximate surface area is 172 Å². The summed E-state index contributed by atoms with van der Waals surface area (Å²) in [7, 11) is 0. The van der Waals surface area contributed by atoms with Gasteiger partial charge in [0.2, 0.25) is 0 Å². The summed E-state index contributed by atoms with van der Waals surface area (Å²) < 4.78 is 7.95. The molecular weight excluding hydrogens is 435 g/mol. The van der Waals surface area contributed by atoms with Gasteiger partial charge < -0.3 is 4.74 Å². The fourth-order valence-electron chi connectivity index (χ4n) is 3.99. The van der Waals surface area contributed by atoms with Crippen molar-refractivity contribution < 1.29 is 9.53 Å². The first-order valence-electron chi connectivity index (χ1n) is 9.63. The van der Waals surface area contributed by atoms with E-state index in [2.05, 4.69) is 79.8 Å². The van der Waals surface area contributed by atoms with Crippen molar-refractivity contribution in [3.63, 3.8) is 0 Å². The van der Waals surface area contributed by atoms with Crippen LogP contribution in [0.15, 0.2) is 52.6 Å². The molecule has 0 bridgehead atoms. The van der Waals surface area contributed by atoms with Crippen LogP contribution in [0.25, 0.3) is 0 Å². The van der Waals surface area contributed by atoms with E-state index in [9.17, 15) is 4.79 Å². The van der Waals surface area contributed by atoms with E-state index in [1.54, 1.807) is 6.08 Å². The average Bonchev–Trinajstić information content (AvgIpc) is 2.62. The normalized spacial score (nSPS) is 24.2. The zero-order valence-electron chi connectivity index (χ0n) is 16.2. The van der Waals surface area contributed by atoms with Crippen LogP contribution in [0.3, 0.4) is 0 Å². The molecule has 0 aromatic heterocycles. The van der Waals surface area contributed by atoms with Crippen molar-refractivity contribution in [2.45, 2.75) is 64.4 Å². The molecule has 1 aliphatic carbocycles. The second-order valence-electron chi connectivity index (χ2n) is 7.93. The average molecular weight is 466 g/mol. The Hall–Kier alpha value is -1.10. The van der Waals surface area contributed by atoms with Crippen LogP contribution in [0.4, 0.5) is 0 Å². The Morgan fingerprint density at radius 1 is 1.19 bits per heavy atom. The lowest BCUT2D eigenvalue weighted by Crippen LogP contribution is -2.43. The number of halogens is 1. The standard InChI is InChI=1S/C23H31IO2/c1-18-14-15-20(23(2,3)19-11-7-6-8-12-19)21(17-18)26-22(25)13-9-4-5-10-16-24/h6-13,16,18,20-21H,4-5,14-15,17H2,1-3H3/b13-9+,16-10+/t18-,20-,21-/m1/s1. The number of hydrogen-bond acceptors (Lipinski definition) is 2. The van der Waals surface area contributed by atoms with Gasteiger partial charge in [0.1, 0.15) is 6.10 Å². The highest BCUT2D eigenvalue weighted by Gasteiger charge is 2.41. The minimum Gasteiger partial charge on any atom is -0.459 e. The molecule has 26 heavy (non-hydrogen) atoms. The van der Waals surface area contributed by atoms with Crippen LogP contribution in [0, 0.1) is 11.8 Å². The fourth-order valence-corrected chi connectivity index (χ4v) is 4.35. The summed E-state index contributed by atoms with van der Waals surface area (Å²) in [6.45, 7) is 6.84. The second-order valence-corrected chi connectivity index (χ2v) is 8.65. The topological polar surface area (TPSA) is 26.3 Å². The highest BCUT2D eigenvalue weighted by atomic mass is 127. The highest BCUT2D eigenvalue weighted by molar-refractivity contribution is 14.1. The Bertz CT molecular complexity index is 618. The number of unbranched alkanes of at least 4 members (excludes halogenated alkanes) is 1. The van der Waals surface area contributed by atoms with Crippen molar-refractivity contribution in [1.29, 1.82) is 0 Å². The van der Waals surface area contributed by atoms with Crippen molar-refractivity contribution >= 4 is 28.6 Å². The first-order chi connectivity index (χ1) is 12.4. The molecule has 2 nitrogen and oxygen atoms in total. The van der Waals surface area contributed by atoms with Crippen molar-refractivity contribution in [2.75, 3.05) is 0 Å². The smallest absolute Gasteiger partial charge is 0.330 e. The third kappa shape index (κ3) is 5.97. The third-order valence-electron chi connectivity index (χ3n) is 5.61. The summed E-state index contributed by atoms with van der Waals surface area (Å²) >= 11 is 2.21. The van der Waals surface area contributed by atoms with Gasteiger partial charge in [-0.1, -0.05) is 92.3 Å². The van der Waals surface area contributed by atoms with Crippen LogP contribution in [-0.4, -0.2) is 12.1 Å². The zero-order valence-corrected chi connectivity index (χ0v) is 18.3. The van der Waals surface area contributed by atoms with Gasteiger partial charge >= 0.3 is 5.97 Å². The van der Waals surface area contributed by atoms with E-state index in [-0.39, 0.29) is 17.5 Å². The van der Waals surface area contributed by atoms with Crippen molar-refractivity contribution in [1.82, 2.24) is 0 Å². The number of benzene rings is 1. The maximum Gasteiger partial charge on any atom is 0.330 e. The van der Waals surface area contributed by atoms with E-state index in [4.69, 9.17) is 4.74 Å². The van der Waals surface area contributed by atoms with Gasteiger partial charge in [0.05, 0.1) is 0 Å². The molecule has 1 aliphatic rings. The first kappa shape index (κ1) is 21.2. The molecule has 0 aliphatic heterocycles. The molecule has 0 saturated heterocycles. The van der Waals surface area contributed by atoms with Crippen molar-refractivity contribution in [3.05, 3.63) is 58.2 Å². The van der Waals surface area contributed by atoms with Crippen LogP contribution in [0.5, 0.6) is 0 Å². The molecule has 3 heteroatoms. The summed E-state index contributed by atoms with van der Waals surface area (Å²) in [6.07, 6.45) is 10.7. The lowest BCUT2D eigenvalue weighted by Gasteiger charge is -2.43. The maximum atomic E-state index is 12.3. The number of esters is 1. The predicted molar refractivity (Wildman–Crippen MR) is 117 cm³/mol. The number of carbonyl (C=O) groups is 1. The third-order valence-corrected chi connectivity index (χ3v) is 6.12. The molecular formula is C23H31IO2. The van der Waals surface area contributed by atoms with Crippen LogP contribution >= 0.6 is 22.6 Å². The number of rotatable bonds is 7. The monoisotopic (exact) mass is 466 g/mol. The Morgan fingerprint density at radius 3 is 2.58 bits per heavy atom. The quantitative estimate of drug-likeness (QED) is 0.196. The molecule has 1 aromatic carbocycles. The van der Waals surface area contributed by atoms with Crippen LogP contribution < -0.4 is 0 Å². The molecule has 1 aromatic rings. The fraction of sp³-hybridized carbons (Fsp3) is 0.522. The number of carbonyl (C=O) groups excluding carboxylic acids is 1. The lowest BCUT2D eigenvalue weighted by atomic mass is 9.64. The van der Waals surface area contributed by atoms with Gasteiger partial charge in [0.15, 0.2) is 0 Å². The van der Waals surface area contributed by atoms with E-state index in [1.807, 2.05) is 10.2 Å². The van der Waals surface area contributed by atoms with Crippen molar-refractivity contribution in [2.24, 2.45) is 11.8 Å². The maximum absolute atomic E-state index is 12.3. The minimum atomic E-state index is -0.198. The summed E-state index contributed by atoms with van der Waals surface area (Å²) in [5.41, 5.74) is 1.31. The van der Waals surface area contributed by atoms with Crippen LogP contribution in [0.1, 0.15) is 58.4 Å². The number of hydrogen-bond donors (Lipinski definition) is 0. The molecule has 0 amide bonds. The van der Waals surface area contributed by atoms with Crippen LogP contribution in [0.2, 0.25) is 0 Å². The predicted octanol–water partition coefficient (Wildman–Crippen LogP) is 6.60. The first-order valence-corrected chi connectivity index (χ1v) is 10.9. The zero-order chi connectivity index (χ0) is 19.0. The molecule has 0 N–H and O–H groups in total. The molecule has 2 rings (SSSR count). The van der Waals surface area contributed by atoms with Gasteiger partial charge in [-0.2, -0.15) is 0 Å². The number of allylic oxidation sites excluding steroid dienone is 2.